The third kappa shape index (κ3) is 10.5. The van der Waals surface area contributed by atoms with Crippen LogP contribution in [-0.2, 0) is 9.53 Å². The molecule has 0 saturated carbocycles. The molecule has 102 valence electrons. The van der Waals surface area contributed by atoms with Gasteiger partial charge < -0.3 is 4.74 Å². The lowest BCUT2D eigenvalue weighted by atomic mass is 10.2. The standard InChI is InChI=1S/C12H22F2O2S/c1-4-8-16-11(15)10(2)17-9-6-5-7-12(3,13)14/h10H,4-9H2,1-3H3. The zero-order valence-electron chi connectivity index (χ0n) is 10.8. The number of halogens is 2. The van der Waals surface area contributed by atoms with Crippen molar-refractivity contribution in [2.24, 2.45) is 0 Å². The summed E-state index contributed by atoms with van der Waals surface area (Å²) < 4.78 is 30.0. The predicted octanol–water partition coefficient (Wildman–Crippen LogP) is 3.89. The maximum atomic E-state index is 12.5. The molecule has 0 N–H and O–H groups in total. The van der Waals surface area contributed by atoms with E-state index >= 15 is 0 Å². The molecule has 1 atom stereocenters. The van der Waals surface area contributed by atoms with Crippen LogP contribution in [0.1, 0.15) is 46.5 Å². The molecule has 0 aromatic heterocycles. The summed E-state index contributed by atoms with van der Waals surface area (Å²) in [5.41, 5.74) is 0. The van der Waals surface area contributed by atoms with E-state index in [0.29, 0.717) is 19.4 Å². The van der Waals surface area contributed by atoms with Crippen LogP contribution in [0.25, 0.3) is 0 Å². The van der Waals surface area contributed by atoms with E-state index in [0.717, 1.165) is 19.1 Å². The van der Waals surface area contributed by atoms with Crippen molar-refractivity contribution in [2.45, 2.75) is 57.6 Å². The van der Waals surface area contributed by atoms with Gasteiger partial charge in [0.05, 0.1) is 11.9 Å². The van der Waals surface area contributed by atoms with Crippen LogP contribution >= 0.6 is 11.8 Å². The Kier molecular flexibility index (Phi) is 8.56. The van der Waals surface area contributed by atoms with Gasteiger partial charge in [0.1, 0.15) is 0 Å². The van der Waals surface area contributed by atoms with Crippen molar-refractivity contribution in [2.75, 3.05) is 12.4 Å². The van der Waals surface area contributed by atoms with Gasteiger partial charge in [-0.05, 0) is 38.9 Å². The Balaban J connectivity index is 3.51. The summed E-state index contributed by atoms with van der Waals surface area (Å²) in [7, 11) is 0. The summed E-state index contributed by atoms with van der Waals surface area (Å²) in [6.07, 6.45) is 1.93. The molecule has 2 nitrogen and oxygen atoms in total. The first-order chi connectivity index (χ1) is 7.87. The lowest BCUT2D eigenvalue weighted by molar-refractivity contribution is -0.142. The van der Waals surface area contributed by atoms with Crippen molar-refractivity contribution in [3.63, 3.8) is 0 Å². The van der Waals surface area contributed by atoms with Crippen LogP contribution in [0.5, 0.6) is 0 Å². The summed E-state index contributed by atoms with van der Waals surface area (Å²) in [4.78, 5) is 11.4. The van der Waals surface area contributed by atoms with Gasteiger partial charge >= 0.3 is 5.97 Å². The average Bonchev–Trinajstić information content (AvgIpc) is 2.23. The molecule has 0 aromatic carbocycles. The molecule has 0 radical (unpaired) electrons. The van der Waals surface area contributed by atoms with Crippen molar-refractivity contribution in [1.82, 2.24) is 0 Å². The molecule has 0 saturated heterocycles. The van der Waals surface area contributed by atoms with Gasteiger partial charge in [-0.2, -0.15) is 0 Å². The molecule has 5 heteroatoms. The lowest BCUT2D eigenvalue weighted by Crippen LogP contribution is -2.18. The van der Waals surface area contributed by atoms with Crippen molar-refractivity contribution < 1.29 is 18.3 Å². The van der Waals surface area contributed by atoms with E-state index in [1.165, 1.54) is 11.8 Å². The van der Waals surface area contributed by atoms with Crippen LogP contribution in [0.2, 0.25) is 0 Å². The first-order valence-corrected chi connectivity index (χ1v) is 7.07. The molecular weight excluding hydrogens is 246 g/mol. The van der Waals surface area contributed by atoms with E-state index in [2.05, 4.69) is 0 Å². The first-order valence-electron chi connectivity index (χ1n) is 6.03. The van der Waals surface area contributed by atoms with Crippen molar-refractivity contribution >= 4 is 17.7 Å². The van der Waals surface area contributed by atoms with E-state index in [-0.39, 0.29) is 17.6 Å². The maximum absolute atomic E-state index is 12.5. The highest BCUT2D eigenvalue weighted by molar-refractivity contribution is 8.00. The smallest absolute Gasteiger partial charge is 0.318 e. The summed E-state index contributed by atoms with van der Waals surface area (Å²) >= 11 is 1.47. The quantitative estimate of drug-likeness (QED) is 0.469. The Morgan fingerprint density at radius 2 is 2.06 bits per heavy atom. The van der Waals surface area contributed by atoms with Gasteiger partial charge in [-0.25, -0.2) is 8.78 Å². The molecule has 0 rings (SSSR count). The van der Waals surface area contributed by atoms with Crippen molar-refractivity contribution in [3.05, 3.63) is 0 Å². The number of carbonyl (C=O) groups excluding carboxylic acids is 1. The molecule has 0 aliphatic carbocycles. The summed E-state index contributed by atoms with van der Waals surface area (Å²) in [5, 5.41) is -0.205. The maximum Gasteiger partial charge on any atom is 0.318 e. The Morgan fingerprint density at radius 3 is 2.59 bits per heavy atom. The fourth-order valence-electron chi connectivity index (χ4n) is 1.19. The largest absolute Gasteiger partial charge is 0.465 e. The molecule has 0 heterocycles. The molecule has 0 spiro atoms. The van der Waals surface area contributed by atoms with E-state index < -0.39 is 5.92 Å². The van der Waals surface area contributed by atoms with Gasteiger partial charge in [0.15, 0.2) is 0 Å². The molecule has 0 amide bonds. The fraction of sp³-hybridized carbons (Fsp3) is 0.917. The second-order valence-electron chi connectivity index (χ2n) is 4.21. The first kappa shape index (κ1) is 16.7. The second-order valence-corrected chi connectivity index (χ2v) is 5.66. The van der Waals surface area contributed by atoms with E-state index in [4.69, 9.17) is 4.74 Å². The number of unbranched alkanes of at least 4 members (excludes halogenated alkanes) is 1. The molecule has 0 fully saturated rings. The van der Waals surface area contributed by atoms with Gasteiger partial charge in [-0.15, -0.1) is 11.8 Å². The van der Waals surface area contributed by atoms with Crippen molar-refractivity contribution in [1.29, 1.82) is 0 Å². The molecule has 0 aromatic rings. The minimum Gasteiger partial charge on any atom is -0.465 e. The normalized spacial score (nSPS) is 13.5. The number of hydrogen-bond acceptors (Lipinski definition) is 3. The van der Waals surface area contributed by atoms with Gasteiger partial charge in [0.2, 0.25) is 5.92 Å². The highest BCUT2D eigenvalue weighted by Gasteiger charge is 2.20. The zero-order valence-corrected chi connectivity index (χ0v) is 11.6. The third-order valence-electron chi connectivity index (χ3n) is 2.16. The monoisotopic (exact) mass is 268 g/mol. The highest BCUT2D eigenvalue weighted by atomic mass is 32.2. The topological polar surface area (TPSA) is 26.3 Å². The zero-order chi connectivity index (χ0) is 13.3. The number of carbonyl (C=O) groups is 1. The molecule has 0 aliphatic rings. The molecule has 17 heavy (non-hydrogen) atoms. The number of thioether (sulfide) groups is 1. The minimum absolute atomic E-state index is 0.0811. The minimum atomic E-state index is -2.57. The van der Waals surface area contributed by atoms with Gasteiger partial charge in [0.25, 0.3) is 0 Å². The summed E-state index contributed by atoms with van der Waals surface area (Å²) in [6.45, 7) is 5.11. The van der Waals surface area contributed by atoms with Gasteiger partial charge in [0, 0.05) is 6.42 Å². The van der Waals surface area contributed by atoms with Crippen LogP contribution in [-0.4, -0.2) is 29.5 Å². The average molecular weight is 268 g/mol. The predicted molar refractivity (Wildman–Crippen MR) is 67.6 cm³/mol. The molecule has 0 bridgehead atoms. The Morgan fingerprint density at radius 1 is 1.41 bits per heavy atom. The fourth-order valence-corrected chi connectivity index (χ4v) is 2.11. The number of ether oxygens (including phenoxy) is 1. The van der Waals surface area contributed by atoms with Crippen LogP contribution in [0, 0.1) is 0 Å². The van der Waals surface area contributed by atoms with Gasteiger partial charge in [-0.1, -0.05) is 6.92 Å². The third-order valence-corrected chi connectivity index (χ3v) is 3.38. The number of esters is 1. The molecule has 1 unspecified atom stereocenters. The molecule has 0 aliphatic heterocycles. The van der Waals surface area contributed by atoms with E-state index in [1.54, 1.807) is 6.92 Å². The van der Waals surface area contributed by atoms with E-state index in [9.17, 15) is 13.6 Å². The Labute approximate surface area is 106 Å². The highest BCUT2D eigenvalue weighted by Crippen LogP contribution is 2.21. The number of alkyl halides is 2. The van der Waals surface area contributed by atoms with E-state index in [1.807, 2.05) is 6.92 Å². The van der Waals surface area contributed by atoms with Crippen LogP contribution in [0.4, 0.5) is 8.78 Å². The summed E-state index contributed by atoms with van der Waals surface area (Å²) in [6, 6.07) is 0. The lowest BCUT2D eigenvalue weighted by Gasteiger charge is -2.12. The number of hydrogen-bond donors (Lipinski definition) is 0. The van der Waals surface area contributed by atoms with Gasteiger partial charge in [-0.3, -0.25) is 4.79 Å². The summed E-state index contributed by atoms with van der Waals surface area (Å²) in [5.74, 6) is -2.06. The van der Waals surface area contributed by atoms with Crippen LogP contribution in [0.3, 0.4) is 0 Å². The van der Waals surface area contributed by atoms with Crippen molar-refractivity contribution in [3.8, 4) is 0 Å². The number of rotatable bonds is 9. The van der Waals surface area contributed by atoms with Crippen LogP contribution in [0.15, 0.2) is 0 Å². The SMILES string of the molecule is CCCOC(=O)C(C)SCCCCC(C)(F)F. The molecular formula is C12H22F2O2S. The van der Waals surface area contributed by atoms with Crippen LogP contribution < -0.4 is 0 Å². The Bertz CT molecular complexity index is 217. The Hall–Kier alpha value is -0.320. The second kappa shape index (κ2) is 8.72.